The van der Waals surface area contributed by atoms with E-state index in [1.807, 2.05) is 19.4 Å². The third kappa shape index (κ3) is 3.80. The van der Waals surface area contributed by atoms with Crippen LogP contribution in [0, 0.1) is 0 Å². The Morgan fingerprint density at radius 2 is 2.29 bits per heavy atom. The molecule has 1 aliphatic heterocycles. The number of nitrogens with zero attached hydrogens (tertiary/aromatic N) is 2. The van der Waals surface area contributed by atoms with Gasteiger partial charge in [-0.3, -0.25) is 4.68 Å². The smallest absolute Gasteiger partial charge is 0.0815 e. The molecule has 0 atom stereocenters. The molecule has 1 saturated heterocycles. The van der Waals surface area contributed by atoms with Gasteiger partial charge >= 0.3 is 0 Å². The molecule has 1 fully saturated rings. The number of hydrogen-bond acceptors (Lipinski definition) is 4. The molecule has 2 N–H and O–H groups in total. The van der Waals surface area contributed by atoms with Gasteiger partial charge in [0.25, 0.3) is 0 Å². The van der Waals surface area contributed by atoms with E-state index < -0.39 is 5.60 Å². The summed E-state index contributed by atoms with van der Waals surface area (Å²) in [6.07, 6.45) is 6.30. The van der Waals surface area contributed by atoms with Gasteiger partial charge in [0.1, 0.15) is 0 Å². The number of aliphatic hydroxyl groups is 1. The van der Waals surface area contributed by atoms with Crippen LogP contribution in [0.3, 0.4) is 0 Å². The summed E-state index contributed by atoms with van der Waals surface area (Å²) in [6.45, 7) is 2.85. The lowest BCUT2D eigenvalue weighted by molar-refractivity contribution is -0.0614. The van der Waals surface area contributed by atoms with Crippen LogP contribution in [0.1, 0.15) is 18.4 Å². The summed E-state index contributed by atoms with van der Waals surface area (Å²) >= 11 is 0. The van der Waals surface area contributed by atoms with Crippen LogP contribution in [-0.2, 0) is 18.2 Å². The third-order valence-corrected chi connectivity index (χ3v) is 3.23. The summed E-state index contributed by atoms with van der Waals surface area (Å²) < 4.78 is 7.05. The second-order valence-electron chi connectivity index (χ2n) is 4.79. The maximum Gasteiger partial charge on any atom is 0.0815 e. The van der Waals surface area contributed by atoms with Crippen molar-refractivity contribution in [1.82, 2.24) is 15.1 Å². The first-order chi connectivity index (χ1) is 8.18. The number of ether oxygens (including phenoxy) is 1. The SMILES string of the molecule is Cn1cc(CCNCC2(O)CCOCC2)cn1. The van der Waals surface area contributed by atoms with Gasteiger partial charge in [-0.2, -0.15) is 5.10 Å². The van der Waals surface area contributed by atoms with Crippen LogP contribution < -0.4 is 5.32 Å². The van der Waals surface area contributed by atoms with Crippen LogP contribution in [0.5, 0.6) is 0 Å². The van der Waals surface area contributed by atoms with E-state index in [0.717, 1.165) is 25.8 Å². The van der Waals surface area contributed by atoms with E-state index in [1.165, 1.54) is 5.56 Å². The average Bonchev–Trinajstić information content (AvgIpc) is 2.72. The van der Waals surface area contributed by atoms with Gasteiger partial charge in [-0.1, -0.05) is 0 Å². The summed E-state index contributed by atoms with van der Waals surface area (Å²) in [5, 5.41) is 17.6. The molecule has 0 amide bonds. The van der Waals surface area contributed by atoms with Crippen LogP contribution >= 0.6 is 0 Å². The zero-order chi connectivity index (χ0) is 12.1. The first kappa shape index (κ1) is 12.5. The molecule has 0 spiro atoms. The molecular weight excluding hydrogens is 218 g/mol. The molecule has 0 aromatic carbocycles. The van der Waals surface area contributed by atoms with E-state index in [2.05, 4.69) is 10.4 Å². The van der Waals surface area contributed by atoms with Crippen LogP contribution in [-0.4, -0.2) is 46.8 Å². The van der Waals surface area contributed by atoms with Crippen molar-refractivity contribution in [3.63, 3.8) is 0 Å². The van der Waals surface area contributed by atoms with Crippen molar-refractivity contribution in [2.45, 2.75) is 24.9 Å². The maximum atomic E-state index is 10.2. The standard InChI is InChI=1S/C12H21N3O2/c1-15-9-11(8-14-15)2-5-13-10-12(16)3-6-17-7-4-12/h8-9,13,16H,2-7,10H2,1H3. The molecule has 1 aromatic heterocycles. The number of aromatic nitrogens is 2. The van der Waals surface area contributed by atoms with E-state index in [1.54, 1.807) is 4.68 Å². The highest BCUT2D eigenvalue weighted by molar-refractivity contribution is 5.03. The van der Waals surface area contributed by atoms with Gasteiger partial charge in [-0.05, 0) is 18.5 Å². The Hall–Kier alpha value is -0.910. The summed E-state index contributed by atoms with van der Waals surface area (Å²) in [4.78, 5) is 0. The van der Waals surface area contributed by atoms with Gasteiger partial charge in [0.15, 0.2) is 0 Å². The second-order valence-corrected chi connectivity index (χ2v) is 4.79. The predicted octanol–water partition coefficient (Wildman–Crippen LogP) is 0.0937. The number of nitrogens with one attached hydrogen (secondary N) is 1. The molecule has 0 aliphatic carbocycles. The molecule has 96 valence electrons. The fraction of sp³-hybridized carbons (Fsp3) is 0.750. The summed E-state index contributed by atoms with van der Waals surface area (Å²) in [7, 11) is 1.92. The van der Waals surface area contributed by atoms with Crippen molar-refractivity contribution in [3.8, 4) is 0 Å². The minimum Gasteiger partial charge on any atom is -0.388 e. The van der Waals surface area contributed by atoms with Gasteiger partial charge in [0.05, 0.1) is 11.8 Å². The lowest BCUT2D eigenvalue weighted by atomic mass is 9.94. The van der Waals surface area contributed by atoms with Crippen LogP contribution in [0.15, 0.2) is 12.4 Å². The van der Waals surface area contributed by atoms with Gasteiger partial charge in [0.2, 0.25) is 0 Å². The number of aryl methyl sites for hydroxylation is 1. The van der Waals surface area contributed by atoms with Gasteiger partial charge in [-0.25, -0.2) is 0 Å². The molecule has 5 heteroatoms. The van der Waals surface area contributed by atoms with E-state index >= 15 is 0 Å². The van der Waals surface area contributed by atoms with Gasteiger partial charge in [0, 0.05) is 45.8 Å². The van der Waals surface area contributed by atoms with E-state index in [-0.39, 0.29) is 0 Å². The fourth-order valence-electron chi connectivity index (χ4n) is 2.08. The summed E-state index contributed by atoms with van der Waals surface area (Å²) in [6, 6.07) is 0. The van der Waals surface area contributed by atoms with Gasteiger partial charge < -0.3 is 15.2 Å². The van der Waals surface area contributed by atoms with Crippen LogP contribution in [0.25, 0.3) is 0 Å². The first-order valence-electron chi connectivity index (χ1n) is 6.16. The van der Waals surface area contributed by atoms with E-state index in [9.17, 15) is 5.11 Å². The lowest BCUT2D eigenvalue weighted by Crippen LogP contribution is -2.45. The molecule has 2 rings (SSSR count). The monoisotopic (exact) mass is 239 g/mol. The molecule has 17 heavy (non-hydrogen) atoms. The van der Waals surface area contributed by atoms with Crippen molar-refractivity contribution >= 4 is 0 Å². The Bertz CT molecular complexity index is 345. The normalized spacial score (nSPS) is 19.4. The van der Waals surface area contributed by atoms with Crippen LogP contribution in [0.2, 0.25) is 0 Å². The Kier molecular flexibility index (Phi) is 4.15. The molecule has 0 saturated carbocycles. The first-order valence-corrected chi connectivity index (χ1v) is 6.16. The molecule has 0 bridgehead atoms. The molecule has 0 unspecified atom stereocenters. The molecule has 1 aromatic rings. The second kappa shape index (κ2) is 5.62. The highest BCUT2D eigenvalue weighted by atomic mass is 16.5. The minimum atomic E-state index is -0.576. The zero-order valence-corrected chi connectivity index (χ0v) is 10.4. The highest BCUT2D eigenvalue weighted by Crippen LogP contribution is 2.19. The molecule has 2 heterocycles. The lowest BCUT2D eigenvalue weighted by Gasteiger charge is -2.32. The quantitative estimate of drug-likeness (QED) is 0.715. The fourth-order valence-corrected chi connectivity index (χ4v) is 2.08. The van der Waals surface area contributed by atoms with Crippen molar-refractivity contribution in [3.05, 3.63) is 18.0 Å². The topological polar surface area (TPSA) is 59.3 Å². The molecule has 0 radical (unpaired) electrons. The third-order valence-electron chi connectivity index (χ3n) is 3.23. The Morgan fingerprint density at radius 3 is 2.94 bits per heavy atom. The molecular formula is C12H21N3O2. The minimum absolute atomic E-state index is 0.576. The van der Waals surface area contributed by atoms with Gasteiger partial charge in [-0.15, -0.1) is 0 Å². The summed E-state index contributed by atoms with van der Waals surface area (Å²) in [5.74, 6) is 0. The Balaban J connectivity index is 1.65. The largest absolute Gasteiger partial charge is 0.388 e. The number of rotatable bonds is 5. The maximum absolute atomic E-state index is 10.2. The van der Waals surface area contributed by atoms with Crippen LogP contribution in [0.4, 0.5) is 0 Å². The van der Waals surface area contributed by atoms with Crippen molar-refractivity contribution in [2.24, 2.45) is 7.05 Å². The predicted molar refractivity (Wildman–Crippen MR) is 64.8 cm³/mol. The van der Waals surface area contributed by atoms with E-state index in [0.29, 0.717) is 19.8 Å². The number of hydrogen-bond donors (Lipinski definition) is 2. The van der Waals surface area contributed by atoms with Crippen molar-refractivity contribution < 1.29 is 9.84 Å². The zero-order valence-electron chi connectivity index (χ0n) is 10.4. The van der Waals surface area contributed by atoms with E-state index in [4.69, 9.17) is 4.74 Å². The molecule has 5 nitrogen and oxygen atoms in total. The van der Waals surface area contributed by atoms with Crippen molar-refractivity contribution in [1.29, 1.82) is 0 Å². The highest BCUT2D eigenvalue weighted by Gasteiger charge is 2.28. The Morgan fingerprint density at radius 1 is 1.53 bits per heavy atom. The van der Waals surface area contributed by atoms with Crippen molar-refractivity contribution in [2.75, 3.05) is 26.3 Å². The summed E-state index contributed by atoms with van der Waals surface area (Å²) in [5.41, 5.74) is 0.645. The Labute approximate surface area is 102 Å². The molecule has 1 aliphatic rings. The average molecular weight is 239 g/mol.